The van der Waals surface area contributed by atoms with E-state index < -0.39 is 34.0 Å². The lowest BCUT2D eigenvalue weighted by molar-refractivity contribution is -0.135. The molecule has 1 aliphatic carbocycles. The summed E-state index contributed by atoms with van der Waals surface area (Å²) in [6, 6.07) is 10.4. The predicted octanol–water partition coefficient (Wildman–Crippen LogP) is 4.84. The van der Waals surface area contributed by atoms with E-state index in [-0.39, 0.29) is 29.4 Å². The lowest BCUT2D eigenvalue weighted by Gasteiger charge is -2.42. The Morgan fingerprint density at radius 2 is 1.79 bits per heavy atom. The van der Waals surface area contributed by atoms with Crippen molar-refractivity contribution in [2.45, 2.75) is 62.0 Å². The third-order valence-corrected chi connectivity index (χ3v) is 10.0. The molecule has 210 valence electrons. The van der Waals surface area contributed by atoms with Crippen LogP contribution in [0, 0.1) is 11.7 Å². The zero-order valence-corrected chi connectivity index (χ0v) is 23.4. The quantitative estimate of drug-likeness (QED) is 0.490. The summed E-state index contributed by atoms with van der Waals surface area (Å²) in [4.78, 5) is 29.0. The molecule has 0 N–H and O–H groups in total. The van der Waals surface area contributed by atoms with Crippen LogP contribution in [0.15, 0.2) is 53.4 Å². The van der Waals surface area contributed by atoms with E-state index in [4.69, 9.17) is 16.3 Å². The van der Waals surface area contributed by atoms with Gasteiger partial charge >= 0.3 is 6.09 Å². The van der Waals surface area contributed by atoms with Gasteiger partial charge in [0.15, 0.2) is 0 Å². The molecular weight excluding hydrogens is 545 g/mol. The lowest BCUT2D eigenvalue weighted by Crippen LogP contribution is -2.56. The van der Waals surface area contributed by atoms with Crippen LogP contribution in [0.2, 0.25) is 5.02 Å². The molecule has 8 nitrogen and oxygen atoms in total. The van der Waals surface area contributed by atoms with Crippen molar-refractivity contribution in [3.63, 3.8) is 0 Å². The van der Waals surface area contributed by atoms with Crippen molar-refractivity contribution in [1.29, 1.82) is 0 Å². The molecule has 2 aromatic carbocycles. The van der Waals surface area contributed by atoms with Gasteiger partial charge in [-0.2, -0.15) is 4.31 Å². The van der Waals surface area contributed by atoms with E-state index >= 15 is 0 Å². The number of benzene rings is 2. The van der Waals surface area contributed by atoms with Crippen LogP contribution in [0.4, 0.5) is 9.18 Å². The molecule has 2 heterocycles. The molecule has 2 saturated heterocycles. The van der Waals surface area contributed by atoms with Gasteiger partial charge in [0.05, 0.1) is 17.0 Å². The maximum atomic E-state index is 14.1. The summed E-state index contributed by atoms with van der Waals surface area (Å²) < 4.78 is 49.1. The maximum Gasteiger partial charge on any atom is 0.410 e. The first-order valence-electron chi connectivity index (χ1n) is 13.4. The monoisotopic (exact) mass is 577 g/mol. The second kappa shape index (κ2) is 11.4. The van der Waals surface area contributed by atoms with Gasteiger partial charge in [0.25, 0.3) is 0 Å². The van der Waals surface area contributed by atoms with Crippen LogP contribution in [0.25, 0.3) is 0 Å². The third kappa shape index (κ3) is 6.07. The summed E-state index contributed by atoms with van der Waals surface area (Å²) in [6.45, 7) is 3.02. The Kier molecular flexibility index (Phi) is 8.16. The molecule has 39 heavy (non-hydrogen) atoms. The largest absolute Gasteiger partial charge is 0.448 e. The molecular formula is C28H33ClFN3O5S. The van der Waals surface area contributed by atoms with Gasteiger partial charge in [-0.1, -0.05) is 23.7 Å². The van der Waals surface area contributed by atoms with Crippen molar-refractivity contribution in [3.05, 3.63) is 64.9 Å². The van der Waals surface area contributed by atoms with Crippen LogP contribution in [-0.4, -0.2) is 72.8 Å². The number of hydrogen-bond acceptors (Lipinski definition) is 5. The highest BCUT2D eigenvalue weighted by molar-refractivity contribution is 7.89. The molecule has 2 aliphatic heterocycles. The lowest BCUT2D eigenvalue weighted by atomic mass is 9.93. The number of piperazine rings is 1. The molecule has 3 fully saturated rings. The number of ether oxygens (including phenoxy) is 1. The van der Waals surface area contributed by atoms with Gasteiger partial charge < -0.3 is 14.5 Å². The molecule has 1 saturated carbocycles. The van der Waals surface area contributed by atoms with Crippen molar-refractivity contribution in [2.24, 2.45) is 5.92 Å². The second-order valence-corrected chi connectivity index (χ2v) is 12.9. The molecule has 0 radical (unpaired) electrons. The number of nitrogens with zero attached hydrogens (tertiary/aromatic N) is 3. The number of carbonyl (C=O) groups excluding carboxylic acids is 2. The van der Waals surface area contributed by atoms with Crippen LogP contribution < -0.4 is 0 Å². The van der Waals surface area contributed by atoms with Gasteiger partial charge in [-0.25, -0.2) is 17.6 Å². The molecule has 0 bridgehead atoms. The van der Waals surface area contributed by atoms with Gasteiger partial charge in [0, 0.05) is 36.6 Å². The minimum absolute atomic E-state index is 0.0663. The number of rotatable bonds is 6. The Labute approximate surface area is 233 Å². The number of hydrogen-bond donors (Lipinski definition) is 0. The zero-order valence-electron chi connectivity index (χ0n) is 21.8. The van der Waals surface area contributed by atoms with Crippen LogP contribution in [0.5, 0.6) is 0 Å². The van der Waals surface area contributed by atoms with Crippen molar-refractivity contribution < 1.29 is 27.1 Å². The highest BCUT2D eigenvalue weighted by Gasteiger charge is 2.42. The first kappa shape index (κ1) is 27.9. The van der Waals surface area contributed by atoms with Gasteiger partial charge in [-0.15, -0.1) is 0 Å². The summed E-state index contributed by atoms with van der Waals surface area (Å²) in [5.74, 6) is -0.164. The Balaban J connectivity index is 1.34. The summed E-state index contributed by atoms with van der Waals surface area (Å²) in [7, 11) is -4.04. The first-order chi connectivity index (χ1) is 18.6. The average molecular weight is 578 g/mol. The fraction of sp³-hybridized carbons (Fsp3) is 0.500. The summed E-state index contributed by atoms with van der Waals surface area (Å²) in [5.41, 5.74) is 0.550. The summed E-state index contributed by atoms with van der Waals surface area (Å²) >= 11 is 6.00. The van der Waals surface area contributed by atoms with E-state index in [0.717, 1.165) is 12.8 Å². The van der Waals surface area contributed by atoms with Crippen LogP contribution in [0.3, 0.4) is 0 Å². The topological polar surface area (TPSA) is 87.2 Å². The molecule has 0 unspecified atom stereocenters. The third-order valence-electron chi connectivity index (χ3n) is 7.80. The normalized spacial score (nSPS) is 24.4. The van der Waals surface area contributed by atoms with E-state index in [2.05, 4.69) is 0 Å². The Hall–Kier alpha value is -2.69. The molecule has 0 aromatic heterocycles. The van der Waals surface area contributed by atoms with Crippen molar-refractivity contribution >= 4 is 33.6 Å². The van der Waals surface area contributed by atoms with Gasteiger partial charge in [0.1, 0.15) is 12.4 Å². The van der Waals surface area contributed by atoms with Gasteiger partial charge in [-0.3, -0.25) is 4.79 Å². The Bertz CT molecular complexity index is 1320. The molecule has 3 aliphatic rings. The van der Waals surface area contributed by atoms with E-state index in [1.54, 1.807) is 17.0 Å². The van der Waals surface area contributed by atoms with Gasteiger partial charge in [-0.05, 0) is 81.0 Å². The van der Waals surface area contributed by atoms with Crippen molar-refractivity contribution in [1.82, 2.24) is 14.1 Å². The fourth-order valence-corrected chi connectivity index (χ4v) is 7.57. The minimum Gasteiger partial charge on any atom is -0.448 e. The summed E-state index contributed by atoms with van der Waals surface area (Å²) in [6.07, 6.45) is 3.03. The van der Waals surface area contributed by atoms with E-state index in [1.165, 1.54) is 40.7 Å². The minimum atomic E-state index is -4.04. The van der Waals surface area contributed by atoms with Crippen LogP contribution in [0.1, 0.15) is 50.6 Å². The highest BCUT2D eigenvalue weighted by atomic mass is 35.5. The van der Waals surface area contributed by atoms with Crippen molar-refractivity contribution in [3.8, 4) is 0 Å². The highest BCUT2D eigenvalue weighted by Crippen LogP contribution is 2.39. The number of sulfonamides is 1. The fourth-order valence-electron chi connectivity index (χ4n) is 5.60. The standard InChI is InChI=1S/C28H33ClFN3O5S/c1-19-17-31(27(34)20-8-9-20)14-15-32(19)28(35)38-18-24-6-3-7-26(21-4-2-5-23(30)16-21)33(24)39(36,37)25-12-10-22(29)11-13-25/h2,4-5,10-13,16,19-20,24,26H,3,6-9,14-15,17-18H2,1H3/t19-,24-,26+/m1/s1. The SMILES string of the molecule is C[C@@H]1CN(C(=O)C2CC2)CCN1C(=O)OC[C@H]1CCC[C@@H](c2cccc(F)c2)N1S(=O)(=O)c1ccc(Cl)cc1. The zero-order chi connectivity index (χ0) is 27.7. The number of halogens is 2. The van der Waals surface area contributed by atoms with E-state index in [1.807, 2.05) is 11.8 Å². The second-order valence-electron chi connectivity index (χ2n) is 10.6. The maximum absolute atomic E-state index is 14.1. The number of amides is 2. The molecule has 2 amide bonds. The van der Waals surface area contributed by atoms with Gasteiger partial charge in [0.2, 0.25) is 15.9 Å². The molecule has 5 rings (SSSR count). The van der Waals surface area contributed by atoms with Crippen molar-refractivity contribution in [2.75, 3.05) is 26.2 Å². The predicted molar refractivity (Wildman–Crippen MR) is 144 cm³/mol. The van der Waals surface area contributed by atoms with E-state index in [0.29, 0.717) is 49.5 Å². The van der Waals surface area contributed by atoms with E-state index in [9.17, 15) is 22.4 Å². The average Bonchev–Trinajstić information content (AvgIpc) is 3.77. The Morgan fingerprint density at radius 1 is 1.05 bits per heavy atom. The number of piperidine rings is 1. The molecule has 0 spiro atoms. The first-order valence-corrected chi connectivity index (χ1v) is 15.2. The molecule has 11 heteroatoms. The Morgan fingerprint density at radius 3 is 2.46 bits per heavy atom. The number of carbonyl (C=O) groups is 2. The van der Waals surface area contributed by atoms with Crippen LogP contribution in [-0.2, 0) is 19.6 Å². The van der Waals surface area contributed by atoms with Crippen LogP contribution >= 0.6 is 11.6 Å². The molecule has 2 aromatic rings. The molecule has 3 atom stereocenters. The summed E-state index contributed by atoms with van der Waals surface area (Å²) in [5, 5.41) is 0.410. The smallest absolute Gasteiger partial charge is 0.410 e.